The molecule has 2 atom stereocenters. The second-order valence-corrected chi connectivity index (χ2v) is 8.46. The minimum atomic E-state index is 0.0432. The normalized spacial score (nSPS) is 23.3. The number of hydrogen-bond acceptors (Lipinski definition) is 4. The molecule has 0 amide bonds. The minimum absolute atomic E-state index is 0.0432. The van der Waals surface area contributed by atoms with Crippen LogP contribution in [0.3, 0.4) is 0 Å². The van der Waals surface area contributed by atoms with Crippen molar-refractivity contribution in [1.82, 2.24) is 19.5 Å². The highest BCUT2D eigenvalue weighted by Crippen LogP contribution is 2.44. The van der Waals surface area contributed by atoms with Crippen molar-refractivity contribution >= 4 is 5.65 Å². The predicted octanol–water partition coefficient (Wildman–Crippen LogP) is 3.88. The van der Waals surface area contributed by atoms with E-state index in [1.54, 1.807) is 6.26 Å². The topological polar surface area (TPSA) is 46.6 Å². The number of nitrogens with zero attached hydrogens (tertiary/aromatic N) is 4. The Kier molecular flexibility index (Phi) is 3.14. The Labute approximate surface area is 147 Å². The lowest BCUT2D eigenvalue weighted by molar-refractivity contribution is 0.164. The van der Waals surface area contributed by atoms with E-state index in [1.807, 2.05) is 6.26 Å². The molecule has 1 fully saturated rings. The molecule has 2 aliphatic rings. The standard InChI is InChI=1S/C20H24N4O/c1-20(2,3)18-9-19-21-10-15-16-5-4-14(8-17(15)24(19)22-18)23(16)11-13-6-7-25-12-13/h6-7,9-10,12,14,16H,4-5,8,11H2,1-3H3/t14-,16+/m0/s1. The van der Waals surface area contributed by atoms with Crippen LogP contribution in [0.15, 0.2) is 35.3 Å². The van der Waals surface area contributed by atoms with Gasteiger partial charge in [0.05, 0.1) is 23.9 Å². The first kappa shape index (κ1) is 15.1. The molecule has 0 N–H and O–H groups in total. The highest BCUT2D eigenvalue weighted by atomic mass is 16.3. The Morgan fingerprint density at radius 1 is 1.28 bits per heavy atom. The van der Waals surface area contributed by atoms with Gasteiger partial charge in [0, 0.05) is 53.9 Å². The van der Waals surface area contributed by atoms with Crippen LogP contribution in [0.1, 0.15) is 62.2 Å². The van der Waals surface area contributed by atoms with E-state index in [0.717, 1.165) is 24.3 Å². The van der Waals surface area contributed by atoms with Gasteiger partial charge in [0.15, 0.2) is 5.65 Å². The Balaban J connectivity index is 1.57. The zero-order valence-electron chi connectivity index (χ0n) is 15.1. The Hall–Kier alpha value is -2.14. The summed E-state index contributed by atoms with van der Waals surface area (Å²) in [5.74, 6) is 0. The smallest absolute Gasteiger partial charge is 0.155 e. The maximum atomic E-state index is 5.26. The van der Waals surface area contributed by atoms with E-state index in [9.17, 15) is 0 Å². The van der Waals surface area contributed by atoms with Crippen molar-refractivity contribution in [2.75, 3.05) is 0 Å². The van der Waals surface area contributed by atoms with Crippen LogP contribution < -0.4 is 0 Å². The van der Waals surface area contributed by atoms with E-state index >= 15 is 0 Å². The van der Waals surface area contributed by atoms with Crippen LogP contribution in [0.4, 0.5) is 0 Å². The number of hydrogen-bond donors (Lipinski definition) is 0. The van der Waals surface area contributed by atoms with E-state index in [4.69, 9.17) is 14.5 Å². The third-order valence-corrected chi connectivity index (χ3v) is 5.76. The predicted molar refractivity (Wildman–Crippen MR) is 95.4 cm³/mol. The van der Waals surface area contributed by atoms with E-state index in [-0.39, 0.29) is 5.41 Å². The Morgan fingerprint density at radius 3 is 2.92 bits per heavy atom. The van der Waals surface area contributed by atoms with Gasteiger partial charge in [-0.1, -0.05) is 20.8 Å². The number of fused-ring (bicyclic) bond motifs is 6. The Morgan fingerprint density at radius 2 is 2.16 bits per heavy atom. The third kappa shape index (κ3) is 2.33. The highest BCUT2D eigenvalue weighted by molar-refractivity contribution is 5.45. The summed E-state index contributed by atoms with van der Waals surface area (Å²) in [6.45, 7) is 7.57. The van der Waals surface area contributed by atoms with Gasteiger partial charge in [-0.05, 0) is 18.9 Å². The van der Waals surface area contributed by atoms with Gasteiger partial charge >= 0.3 is 0 Å². The van der Waals surface area contributed by atoms with Crippen LogP contribution in [0, 0.1) is 0 Å². The summed E-state index contributed by atoms with van der Waals surface area (Å²) < 4.78 is 7.36. The molecular weight excluding hydrogens is 312 g/mol. The van der Waals surface area contributed by atoms with Crippen LogP contribution in [0.2, 0.25) is 0 Å². The van der Waals surface area contributed by atoms with Gasteiger partial charge in [-0.3, -0.25) is 4.90 Å². The number of rotatable bonds is 2. The molecule has 2 aliphatic heterocycles. The molecule has 5 nitrogen and oxygen atoms in total. The maximum Gasteiger partial charge on any atom is 0.155 e. The van der Waals surface area contributed by atoms with Gasteiger partial charge in [0.2, 0.25) is 0 Å². The third-order valence-electron chi connectivity index (χ3n) is 5.76. The molecule has 3 aromatic heterocycles. The van der Waals surface area contributed by atoms with E-state index in [0.29, 0.717) is 12.1 Å². The van der Waals surface area contributed by atoms with Gasteiger partial charge in [-0.25, -0.2) is 9.50 Å². The number of aromatic nitrogens is 3. The summed E-state index contributed by atoms with van der Waals surface area (Å²) in [5, 5.41) is 4.92. The lowest BCUT2D eigenvalue weighted by Gasteiger charge is -2.35. The van der Waals surface area contributed by atoms with E-state index in [2.05, 4.69) is 48.5 Å². The van der Waals surface area contributed by atoms with Crippen LogP contribution in [0.5, 0.6) is 0 Å². The molecule has 0 spiro atoms. The van der Waals surface area contributed by atoms with Gasteiger partial charge < -0.3 is 4.42 Å². The SMILES string of the molecule is CC(C)(C)c1cc2ncc3c(n2n1)C[C@@H]1CC[C@H]3N1Cc1ccoc1. The van der Waals surface area contributed by atoms with E-state index < -0.39 is 0 Å². The summed E-state index contributed by atoms with van der Waals surface area (Å²) in [7, 11) is 0. The molecule has 0 aliphatic carbocycles. The average molecular weight is 336 g/mol. The first-order valence-electron chi connectivity index (χ1n) is 9.15. The van der Waals surface area contributed by atoms with Gasteiger partial charge in [-0.15, -0.1) is 0 Å². The summed E-state index contributed by atoms with van der Waals surface area (Å²) in [6, 6.07) is 5.24. The molecule has 0 saturated carbocycles. The quantitative estimate of drug-likeness (QED) is 0.712. The van der Waals surface area contributed by atoms with Gasteiger partial charge in [-0.2, -0.15) is 5.10 Å². The summed E-state index contributed by atoms with van der Waals surface area (Å²) >= 11 is 0. The van der Waals surface area contributed by atoms with Crippen molar-refractivity contribution < 1.29 is 4.42 Å². The lowest BCUT2D eigenvalue weighted by Crippen LogP contribution is -2.38. The monoisotopic (exact) mass is 336 g/mol. The summed E-state index contributed by atoms with van der Waals surface area (Å²) in [4.78, 5) is 7.35. The second kappa shape index (κ2) is 5.18. The zero-order valence-corrected chi connectivity index (χ0v) is 15.1. The number of furan rings is 1. The minimum Gasteiger partial charge on any atom is -0.472 e. The first-order valence-corrected chi connectivity index (χ1v) is 9.15. The molecule has 130 valence electrons. The largest absolute Gasteiger partial charge is 0.472 e. The van der Waals surface area contributed by atoms with Crippen molar-refractivity contribution in [3.8, 4) is 0 Å². The summed E-state index contributed by atoms with van der Waals surface area (Å²) in [5.41, 5.74) is 6.10. The van der Waals surface area contributed by atoms with Crippen LogP contribution in [0.25, 0.3) is 5.65 Å². The fraction of sp³-hybridized carbons (Fsp3) is 0.500. The molecule has 0 aromatic carbocycles. The second-order valence-electron chi connectivity index (χ2n) is 8.46. The first-order chi connectivity index (χ1) is 12.0. The molecule has 3 aromatic rings. The summed E-state index contributed by atoms with van der Waals surface area (Å²) in [6.07, 6.45) is 9.21. The fourth-order valence-corrected chi connectivity index (χ4v) is 4.39. The Bertz CT molecular complexity index is 919. The van der Waals surface area contributed by atoms with Crippen LogP contribution >= 0.6 is 0 Å². The van der Waals surface area contributed by atoms with Crippen molar-refractivity contribution in [3.63, 3.8) is 0 Å². The zero-order chi connectivity index (χ0) is 17.2. The molecule has 0 unspecified atom stereocenters. The van der Waals surface area contributed by atoms with Gasteiger partial charge in [0.25, 0.3) is 0 Å². The van der Waals surface area contributed by atoms with Crippen LogP contribution in [-0.2, 0) is 18.4 Å². The molecule has 1 saturated heterocycles. The molecule has 5 heteroatoms. The molecule has 5 heterocycles. The van der Waals surface area contributed by atoms with Crippen molar-refractivity contribution in [2.45, 2.75) is 64.1 Å². The maximum absolute atomic E-state index is 5.26. The van der Waals surface area contributed by atoms with Crippen LogP contribution in [-0.4, -0.2) is 25.5 Å². The lowest BCUT2D eigenvalue weighted by atomic mass is 9.93. The van der Waals surface area contributed by atoms with E-state index in [1.165, 1.54) is 29.7 Å². The molecule has 0 radical (unpaired) electrons. The molecule has 2 bridgehead atoms. The average Bonchev–Trinajstić information content (AvgIpc) is 3.27. The molecular formula is C20H24N4O. The van der Waals surface area contributed by atoms with Crippen molar-refractivity contribution in [1.29, 1.82) is 0 Å². The molecule has 25 heavy (non-hydrogen) atoms. The molecule has 5 rings (SSSR count). The fourth-order valence-electron chi connectivity index (χ4n) is 4.39. The van der Waals surface area contributed by atoms with Crippen molar-refractivity contribution in [2.24, 2.45) is 0 Å². The highest BCUT2D eigenvalue weighted by Gasteiger charge is 2.41. The van der Waals surface area contributed by atoms with Gasteiger partial charge in [0.1, 0.15) is 0 Å². The van der Waals surface area contributed by atoms with Crippen molar-refractivity contribution in [3.05, 3.63) is 53.4 Å².